The third-order valence-corrected chi connectivity index (χ3v) is 6.04. The Morgan fingerprint density at radius 1 is 0.917 bits per heavy atom. The summed E-state index contributed by atoms with van der Waals surface area (Å²) in [5.41, 5.74) is -1.49. The number of halogens is 1. The predicted octanol–water partition coefficient (Wildman–Crippen LogP) is -1.97. The zero-order chi connectivity index (χ0) is 26.6. The van der Waals surface area contributed by atoms with Gasteiger partial charge >= 0.3 is 11.4 Å². The fourth-order valence-corrected chi connectivity index (χ4v) is 4.09. The zero-order valence-corrected chi connectivity index (χ0v) is 20.7. The van der Waals surface area contributed by atoms with Crippen LogP contribution < -0.4 is 22.5 Å². The summed E-state index contributed by atoms with van der Waals surface area (Å²) in [5, 5.41) is 37.2. The first-order valence-corrected chi connectivity index (χ1v) is 11.8. The van der Waals surface area contributed by atoms with Gasteiger partial charge in [-0.1, -0.05) is 15.9 Å². The van der Waals surface area contributed by atoms with Gasteiger partial charge in [0, 0.05) is 30.8 Å². The minimum atomic E-state index is -0.844. The van der Waals surface area contributed by atoms with Crippen molar-refractivity contribution in [2.24, 2.45) is 0 Å². The first kappa shape index (κ1) is 27.9. The lowest BCUT2D eigenvalue weighted by atomic mass is 10.2. The summed E-state index contributed by atoms with van der Waals surface area (Å²) in [6, 6.07) is 0. The highest BCUT2D eigenvalue weighted by atomic mass is 79.9. The Kier molecular flexibility index (Phi) is 9.35. The number of nitrogens with one attached hydrogen (secondary N) is 2. The van der Waals surface area contributed by atoms with Crippen LogP contribution in [0.15, 0.2) is 36.6 Å². The summed E-state index contributed by atoms with van der Waals surface area (Å²) in [7, 11) is 0. The molecular formula is C21H27BrN4O10. The predicted molar refractivity (Wildman–Crippen MR) is 129 cm³/mol. The molecule has 15 heteroatoms. The average molecular weight is 575 g/mol. The second kappa shape index (κ2) is 12.1. The van der Waals surface area contributed by atoms with Crippen molar-refractivity contribution in [2.45, 2.75) is 56.6 Å². The van der Waals surface area contributed by atoms with Gasteiger partial charge in [0.15, 0.2) is 0 Å². The summed E-state index contributed by atoms with van der Waals surface area (Å²) in [6.07, 6.45) is 0.166. The van der Waals surface area contributed by atoms with Crippen molar-refractivity contribution in [1.82, 2.24) is 19.1 Å². The lowest BCUT2D eigenvalue weighted by molar-refractivity contribution is -0.0459. The second-order valence-electron chi connectivity index (χ2n) is 8.25. The Bertz CT molecular complexity index is 1320. The maximum absolute atomic E-state index is 11.7. The van der Waals surface area contributed by atoms with Crippen molar-refractivity contribution >= 4 is 22.0 Å². The normalized spacial score (nSPS) is 27.8. The van der Waals surface area contributed by atoms with Crippen LogP contribution in [-0.2, 0) is 9.47 Å². The molecule has 36 heavy (non-hydrogen) atoms. The Morgan fingerprint density at radius 2 is 1.39 bits per heavy atom. The smallest absolute Gasteiger partial charge is 0.330 e. The summed E-state index contributed by atoms with van der Waals surface area (Å²) in [6.45, 7) is 0.933. The van der Waals surface area contributed by atoms with Gasteiger partial charge in [-0.25, -0.2) is 9.59 Å². The van der Waals surface area contributed by atoms with Crippen LogP contribution in [-0.4, -0.2) is 77.2 Å². The van der Waals surface area contributed by atoms with Crippen LogP contribution >= 0.6 is 15.9 Å². The van der Waals surface area contributed by atoms with Crippen molar-refractivity contribution < 1.29 is 29.9 Å². The molecule has 2 saturated heterocycles. The standard InChI is InChI=1S/C11H13BrN2O5.C10H14N2O5/c12-2-1-6-4-14(11(18)13-10(6)17)9-3-7(16)8(5-15)19-9;1-5-3-12(10(16)11-9(5)15)8-2-6(14)7(4-13)17-8/h1-2,4,7-9,15-16H,3,5H2,(H,13,17,18);3,6-8,13-14H,2,4H2,1H3,(H,11,15,16)/b2-1+;/t7-,8+,9+;6-,7+,8+/m00/s1. The SMILES string of the molecule is Cc1cn([C@H]2C[C@H](O)[C@@H](CO)O2)c(=O)[nH]c1=O.O=c1[nH]c(=O)n([C@H]2C[C@H](O)[C@@H](CO)O2)cc1/C=C/Br. The van der Waals surface area contributed by atoms with Gasteiger partial charge in [0.2, 0.25) is 0 Å². The molecule has 6 atom stereocenters. The van der Waals surface area contributed by atoms with Crippen LogP contribution in [0.5, 0.6) is 0 Å². The topological polar surface area (TPSA) is 209 Å². The number of nitrogens with zero attached hydrogens (tertiary/aromatic N) is 2. The molecule has 14 nitrogen and oxygen atoms in total. The number of ether oxygens (including phenoxy) is 2. The van der Waals surface area contributed by atoms with Crippen LogP contribution in [0.2, 0.25) is 0 Å². The third kappa shape index (κ3) is 6.18. The van der Waals surface area contributed by atoms with Gasteiger partial charge in [0.25, 0.3) is 11.1 Å². The molecule has 0 spiro atoms. The number of rotatable bonds is 5. The minimum absolute atomic E-state index is 0.175. The molecule has 4 rings (SSSR count). The highest BCUT2D eigenvalue weighted by Gasteiger charge is 2.36. The molecule has 198 valence electrons. The second-order valence-corrected chi connectivity index (χ2v) is 8.78. The number of hydrogen-bond donors (Lipinski definition) is 6. The van der Waals surface area contributed by atoms with Crippen molar-refractivity contribution in [3.05, 3.63) is 70.2 Å². The summed E-state index contributed by atoms with van der Waals surface area (Å²) >= 11 is 3.05. The van der Waals surface area contributed by atoms with Crippen LogP contribution in [0.4, 0.5) is 0 Å². The van der Waals surface area contributed by atoms with E-state index in [1.165, 1.54) is 32.6 Å². The van der Waals surface area contributed by atoms with E-state index < -0.39 is 59.4 Å². The lowest BCUT2D eigenvalue weighted by Gasteiger charge is -2.14. The third-order valence-electron chi connectivity index (χ3n) is 5.77. The molecule has 2 aliphatic heterocycles. The number of hydrogen-bond acceptors (Lipinski definition) is 10. The summed E-state index contributed by atoms with van der Waals surface area (Å²) < 4.78 is 13.1. The zero-order valence-electron chi connectivity index (χ0n) is 19.1. The summed E-state index contributed by atoms with van der Waals surface area (Å²) in [4.78, 5) is 51.8. The maximum atomic E-state index is 11.7. The summed E-state index contributed by atoms with van der Waals surface area (Å²) in [5.74, 6) is 0. The molecule has 0 aromatic carbocycles. The van der Waals surface area contributed by atoms with E-state index in [1.54, 1.807) is 6.92 Å². The van der Waals surface area contributed by atoms with Crippen molar-refractivity contribution in [2.75, 3.05) is 13.2 Å². The van der Waals surface area contributed by atoms with Crippen LogP contribution in [0, 0.1) is 6.92 Å². The van der Waals surface area contributed by atoms with E-state index in [0.29, 0.717) is 5.56 Å². The van der Waals surface area contributed by atoms with E-state index in [-0.39, 0.29) is 31.6 Å². The molecule has 2 aromatic heterocycles. The molecule has 2 fully saturated rings. The van der Waals surface area contributed by atoms with Gasteiger partial charge in [-0.3, -0.25) is 28.7 Å². The highest BCUT2D eigenvalue weighted by molar-refractivity contribution is 9.11. The number of aliphatic hydroxyl groups is 4. The van der Waals surface area contributed by atoms with E-state index in [9.17, 15) is 29.4 Å². The van der Waals surface area contributed by atoms with Crippen molar-refractivity contribution in [3.63, 3.8) is 0 Å². The Hall–Kier alpha value is -2.66. The number of aromatic nitrogens is 4. The quantitative estimate of drug-likeness (QED) is 0.232. The van der Waals surface area contributed by atoms with E-state index in [0.717, 1.165) is 0 Å². The maximum Gasteiger partial charge on any atom is 0.330 e. The molecule has 0 unspecified atom stereocenters. The highest BCUT2D eigenvalue weighted by Crippen LogP contribution is 2.28. The number of aryl methyl sites for hydroxylation is 1. The first-order valence-electron chi connectivity index (χ1n) is 10.9. The van der Waals surface area contributed by atoms with Crippen LogP contribution in [0.3, 0.4) is 0 Å². The van der Waals surface area contributed by atoms with Crippen LogP contribution in [0.25, 0.3) is 6.08 Å². The molecule has 2 aromatic rings. The monoisotopic (exact) mass is 574 g/mol. The van der Waals surface area contributed by atoms with Crippen molar-refractivity contribution in [1.29, 1.82) is 0 Å². The van der Waals surface area contributed by atoms with Crippen LogP contribution in [0.1, 0.15) is 36.4 Å². The molecule has 4 heterocycles. The van der Waals surface area contributed by atoms with E-state index in [4.69, 9.17) is 19.7 Å². The molecule has 0 saturated carbocycles. The Morgan fingerprint density at radius 3 is 1.83 bits per heavy atom. The molecule has 6 N–H and O–H groups in total. The van der Waals surface area contributed by atoms with E-state index in [1.807, 2.05) is 0 Å². The Balaban J connectivity index is 0.000000202. The number of aromatic amines is 2. The van der Waals surface area contributed by atoms with Gasteiger partial charge in [-0.05, 0) is 18.0 Å². The molecule has 2 aliphatic rings. The Labute approximate surface area is 211 Å². The molecule has 0 amide bonds. The number of H-pyrrole nitrogens is 2. The minimum Gasteiger partial charge on any atom is -0.394 e. The molecule has 0 aliphatic carbocycles. The van der Waals surface area contributed by atoms with Crippen molar-refractivity contribution in [3.8, 4) is 0 Å². The lowest BCUT2D eigenvalue weighted by Crippen LogP contribution is -2.33. The molecular weight excluding hydrogens is 548 g/mol. The molecule has 0 radical (unpaired) electrons. The average Bonchev–Trinajstić information content (AvgIpc) is 3.40. The van der Waals surface area contributed by atoms with E-state index >= 15 is 0 Å². The van der Waals surface area contributed by atoms with Gasteiger partial charge in [0.1, 0.15) is 24.7 Å². The van der Waals surface area contributed by atoms with E-state index in [2.05, 4.69) is 25.9 Å². The largest absolute Gasteiger partial charge is 0.394 e. The van der Waals surface area contributed by atoms with Gasteiger partial charge in [-0.15, -0.1) is 0 Å². The number of aliphatic hydroxyl groups excluding tert-OH is 4. The fraction of sp³-hybridized carbons (Fsp3) is 0.524. The molecule has 0 bridgehead atoms. The fourth-order valence-electron chi connectivity index (χ4n) is 3.80. The van der Waals surface area contributed by atoms with Gasteiger partial charge < -0.3 is 29.9 Å². The first-order chi connectivity index (χ1) is 17.1. The van der Waals surface area contributed by atoms with Gasteiger partial charge in [0.05, 0.1) is 31.0 Å². The van der Waals surface area contributed by atoms with Gasteiger partial charge in [-0.2, -0.15) is 0 Å².